The van der Waals surface area contributed by atoms with E-state index in [1.54, 1.807) is 25.2 Å². The third-order valence-electron chi connectivity index (χ3n) is 5.26. The van der Waals surface area contributed by atoms with Crippen molar-refractivity contribution in [3.63, 3.8) is 0 Å². The molecule has 0 saturated carbocycles. The van der Waals surface area contributed by atoms with Gasteiger partial charge in [-0.1, -0.05) is 6.07 Å². The number of fused-ring (bicyclic) bond motifs is 2. The molecule has 0 aromatic carbocycles. The number of aryl methyl sites for hydroxylation is 3. The van der Waals surface area contributed by atoms with Crippen molar-refractivity contribution in [3.8, 4) is 0 Å². The Hall–Kier alpha value is -3.49. The van der Waals surface area contributed by atoms with Gasteiger partial charge in [0.1, 0.15) is 11.9 Å². The molecule has 0 spiro atoms. The lowest BCUT2D eigenvalue weighted by molar-refractivity contribution is 0.0669. The molecule has 1 amide bonds. The van der Waals surface area contributed by atoms with Gasteiger partial charge in [0.25, 0.3) is 5.91 Å². The fourth-order valence-corrected chi connectivity index (χ4v) is 3.93. The van der Waals surface area contributed by atoms with E-state index in [0.717, 1.165) is 28.2 Å². The lowest BCUT2D eigenvalue weighted by atomic mass is 9.99. The summed E-state index contributed by atoms with van der Waals surface area (Å²) >= 11 is 0. The van der Waals surface area contributed by atoms with E-state index < -0.39 is 0 Å². The summed E-state index contributed by atoms with van der Waals surface area (Å²) in [6.07, 6.45) is 4.30. The van der Waals surface area contributed by atoms with Crippen LogP contribution in [0.3, 0.4) is 0 Å². The van der Waals surface area contributed by atoms with Gasteiger partial charge in [0.2, 0.25) is 5.82 Å². The molecule has 142 valence electrons. The standard InChI is InChI=1S/C19H20N8O/c1-11-5-4-7-27-15(11)9-14(24-27)17-16-13(20-10-21-16)6-8-26(17)19(28)18-22-12(2)23-25(18)3/h4-5,7,9-10,17H,6,8H2,1-3H3,(H,20,21)/t17-/m1/s1. The summed E-state index contributed by atoms with van der Waals surface area (Å²) in [6, 6.07) is 5.67. The predicted octanol–water partition coefficient (Wildman–Crippen LogP) is 1.59. The Morgan fingerprint density at radius 1 is 1.29 bits per heavy atom. The quantitative estimate of drug-likeness (QED) is 0.573. The number of H-pyrrole nitrogens is 1. The van der Waals surface area contributed by atoms with Gasteiger partial charge in [-0.05, 0) is 31.5 Å². The number of imidazole rings is 1. The molecule has 0 fully saturated rings. The first-order valence-electron chi connectivity index (χ1n) is 9.18. The number of amides is 1. The maximum Gasteiger partial charge on any atom is 0.292 e. The molecule has 4 aromatic heterocycles. The summed E-state index contributed by atoms with van der Waals surface area (Å²) in [5.41, 5.74) is 4.80. The van der Waals surface area contributed by atoms with Crippen LogP contribution in [0.1, 0.15) is 45.1 Å². The minimum absolute atomic E-state index is 0.171. The van der Waals surface area contributed by atoms with Gasteiger partial charge in [0.05, 0.1) is 23.2 Å². The molecule has 9 nitrogen and oxygen atoms in total. The zero-order chi connectivity index (χ0) is 19.4. The van der Waals surface area contributed by atoms with Crippen molar-refractivity contribution in [2.24, 2.45) is 7.05 Å². The lowest BCUT2D eigenvalue weighted by Gasteiger charge is -2.33. The fraction of sp³-hybridized carbons (Fsp3) is 0.316. The van der Waals surface area contributed by atoms with Gasteiger partial charge in [0.15, 0.2) is 0 Å². The minimum Gasteiger partial charge on any atom is -0.348 e. The molecule has 0 aliphatic carbocycles. The zero-order valence-corrected chi connectivity index (χ0v) is 15.9. The van der Waals surface area contributed by atoms with Crippen molar-refractivity contribution in [2.75, 3.05) is 6.54 Å². The smallest absolute Gasteiger partial charge is 0.292 e. The van der Waals surface area contributed by atoms with Crippen LogP contribution in [-0.2, 0) is 13.5 Å². The third kappa shape index (κ3) is 2.43. The fourth-order valence-electron chi connectivity index (χ4n) is 3.93. The first-order chi connectivity index (χ1) is 13.5. The topological polar surface area (TPSA) is 97.0 Å². The molecule has 9 heteroatoms. The molecule has 0 radical (unpaired) electrons. The minimum atomic E-state index is -0.376. The van der Waals surface area contributed by atoms with Crippen LogP contribution in [0.5, 0.6) is 0 Å². The van der Waals surface area contributed by atoms with E-state index in [9.17, 15) is 4.79 Å². The third-order valence-corrected chi connectivity index (χ3v) is 5.26. The normalized spacial score (nSPS) is 16.5. The van der Waals surface area contributed by atoms with Gasteiger partial charge < -0.3 is 9.88 Å². The first kappa shape index (κ1) is 16.7. The van der Waals surface area contributed by atoms with Crippen molar-refractivity contribution >= 4 is 11.4 Å². The average Bonchev–Trinajstić information content (AvgIpc) is 3.38. The number of pyridine rings is 1. The predicted molar refractivity (Wildman–Crippen MR) is 101 cm³/mol. The van der Waals surface area contributed by atoms with E-state index in [2.05, 4.69) is 20.1 Å². The number of hydrogen-bond acceptors (Lipinski definition) is 5. The summed E-state index contributed by atoms with van der Waals surface area (Å²) in [7, 11) is 1.74. The molecule has 4 aromatic rings. The lowest BCUT2D eigenvalue weighted by Crippen LogP contribution is -2.42. The van der Waals surface area contributed by atoms with Gasteiger partial charge in [-0.15, -0.1) is 0 Å². The Morgan fingerprint density at radius 3 is 2.89 bits per heavy atom. The molecule has 1 aliphatic heterocycles. The number of hydrogen-bond donors (Lipinski definition) is 1. The highest BCUT2D eigenvalue weighted by Crippen LogP contribution is 2.34. The highest BCUT2D eigenvalue weighted by Gasteiger charge is 2.37. The Labute approximate surface area is 161 Å². The number of nitrogens with zero attached hydrogens (tertiary/aromatic N) is 7. The van der Waals surface area contributed by atoms with Crippen molar-refractivity contribution < 1.29 is 4.79 Å². The van der Waals surface area contributed by atoms with Crippen LogP contribution < -0.4 is 0 Å². The zero-order valence-electron chi connectivity index (χ0n) is 15.9. The molecule has 0 bridgehead atoms. The van der Waals surface area contributed by atoms with E-state index in [-0.39, 0.29) is 11.9 Å². The van der Waals surface area contributed by atoms with E-state index in [4.69, 9.17) is 5.10 Å². The largest absolute Gasteiger partial charge is 0.348 e. The van der Waals surface area contributed by atoms with Crippen LogP contribution in [0, 0.1) is 13.8 Å². The van der Waals surface area contributed by atoms with Gasteiger partial charge in [-0.25, -0.2) is 19.2 Å². The number of aromatic nitrogens is 7. The Bertz CT molecular complexity index is 1200. The van der Waals surface area contributed by atoms with Gasteiger partial charge >= 0.3 is 0 Å². The van der Waals surface area contributed by atoms with Gasteiger partial charge in [-0.2, -0.15) is 10.2 Å². The maximum absolute atomic E-state index is 13.4. The van der Waals surface area contributed by atoms with Crippen molar-refractivity contribution in [3.05, 3.63) is 65.0 Å². The summed E-state index contributed by atoms with van der Waals surface area (Å²) in [6.45, 7) is 4.38. The first-order valence-corrected chi connectivity index (χ1v) is 9.18. The second-order valence-electron chi connectivity index (χ2n) is 7.11. The Balaban J connectivity index is 1.65. The van der Waals surface area contributed by atoms with Crippen LogP contribution in [0.15, 0.2) is 30.7 Å². The summed E-state index contributed by atoms with van der Waals surface area (Å²) in [4.78, 5) is 27.2. The second kappa shape index (κ2) is 6.01. The van der Waals surface area contributed by atoms with Crippen molar-refractivity contribution in [1.29, 1.82) is 0 Å². The number of carbonyl (C=O) groups excluding carboxylic acids is 1. The molecule has 1 N–H and O–H groups in total. The summed E-state index contributed by atoms with van der Waals surface area (Å²) < 4.78 is 3.38. The van der Waals surface area contributed by atoms with Crippen LogP contribution in [-0.4, -0.2) is 51.7 Å². The molecule has 0 unspecified atom stereocenters. The Kier molecular flexibility index (Phi) is 3.58. The molecular formula is C19H20N8O. The van der Waals surface area contributed by atoms with E-state index in [1.807, 2.05) is 35.8 Å². The number of rotatable bonds is 2. The van der Waals surface area contributed by atoms with Gasteiger partial charge in [-0.3, -0.25) is 4.79 Å². The Morgan fingerprint density at radius 2 is 2.14 bits per heavy atom. The van der Waals surface area contributed by atoms with Crippen LogP contribution in [0.2, 0.25) is 0 Å². The monoisotopic (exact) mass is 376 g/mol. The van der Waals surface area contributed by atoms with Crippen molar-refractivity contribution in [2.45, 2.75) is 26.3 Å². The van der Waals surface area contributed by atoms with E-state index in [1.165, 1.54) is 4.68 Å². The molecule has 1 aliphatic rings. The summed E-state index contributed by atoms with van der Waals surface area (Å²) in [5, 5.41) is 8.98. The van der Waals surface area contributed by atoms with Crippen LogP contribution in [0.25, 0.3) is 5.52 Å². The highest BCUT2D eigenvalue weighted by atomic mass is 16.2. The second-order valence-corrected chi connectivity index (χ2v) is 7.11. The molecule has 1 atom stereocenters. The average molecular weight is 376 g/mol. The van der Waals surface area contributed by atoms with Gasteiger partial charge in [0, 0.05) is 31.9 Å². The SMILES string of the molecule is Cc1nc(C(=O)N2CCc3[nH]cnc3[C@H]2c2cc3c(C)cccn3n2)n(C)n1. The highest BCUT2D eigenvalue weighted by molar-refractivity contribution is 5.91. The number of aromatic amines is 1. The number of nitrogens with one attached hydrogen (secondary N) is 1. The number of carbonyl (C=O) groups is 1. The maximum atomic E-state index is 13.4. The molecule has 28 heavy (non-hydrogen) atoms. The van der Waals surface area contributed by atoms with Crippen LogP contribution in [0.4, 0.5) is 0 Å². The van der Waals surface area contributed by atoms with E-state index in [0.29, 0.717) is 24.6 Å². The van der Waals surface area contributed by atoms with Crippen molar-refractivity contribution in [1.82, 2.24) is 39.2 Å². The molecule has 5 heterocycles. The molecule has 5 rings (SSSR count). The van der Waals surface area contributed by atoms with E-state index >= 15 is 0 Å². The molecular weight excluding hydrogens is 356 g/mol. The van der Waals surface area contributed by atoms with Crippen LogP contribution >= 0.6 is 0 Å². The summed E-state index contributed by atoms with van der Waals surface area (Å²) in [5.74, 6) is 0.722. The molecule has 0 saturated heterocycles.